The van der Waals surface area contributed by atoms with Gasteiger partial charge in [0.25, 0.3) is 5.91 Å². The van der Waals surface area contributed by atoms with Crippen molar-refractivity contribution in [1.29, 1.82) is 0 Å². The van der Waals surface area contributed by atoms with Crippen LogP contribution in [0.5, 0.6) is 0 Å². The molecular formula is C7H9N7OS. The Hall–Kier alpha value is -1.90. The Morgan fingerprint density at radius 1 is 1.56 bits per heavy atom. The maximum Gasteiger partial charge on any atom is 0.297 e. The lowest BCUT2D eigenvalue weighted by atomic mass is 10.3. The molecule has 0 unspecified atom stereocenters. The van der Waals surface area contributed by atoms with Gasteiger partial charge < -0.3 is 0 Å². The first-order chi connectivity index (χ1) is 7.79. The van der Waals surface area contributed by atoms with Crippen molar-refractivity contribution in [3.05, 3.63) is 11.6 Å². The highest BCUT2D eigenvalue weighted by Crippen LogP contribution is 2.06. The summed E-state index contributed by atoms with van der Waals surface area (Å²) in [5, 5.41) is 16.3. The zero-order chi connectivity index (χ0) is 11.4. The fraction of sp³-hybridized carbons (Fsp3) is 0.429. The third-order valence-corrected chi connectivity index (χ3v) is 2.25. The van der Waals surface area contributed by atoms with Crippen molar-refractivity contribution in [2.24, 2.45) is 0 Å². The van der Waals surface area contributed by atoms with Crippen LogP contribution in [0.1, 0.15) is 29.8 Å². The summed E-state index contributed by atoms with van der Waals surface area (Å²) in [6.45, 7) is 2.02. The largest absolute Gasteiger partial charge is 0.297 e. The number of aromatic amines is 1. The van der Waals surface area contributed by atoms with E-state index in [4.69, 9.17) is 0 Å². The van der Waals surface area contributed by atoms with E-state index in [1.54, 1.807) is 0 Å². The Morgan fingerprint density at radius 2 is 2.44 bits per heavy atom. The number of rotatable bonds is 4. The predicted molar refractivity (Wildman–Crippen MR) is 56.0 cm³/mol. The summed E-state index contributed by atoms with van der Waals surface area (Å²) in [6.07, 6.45) is 1.71. The second-order valence-electron chi connectivity index (χ2n) is 2.98. The molecule has 0 saturated carbocycles. The highest BCUT2D eigenvalue weighted by Gasteiger charge is 2.13. The van der Waals surface area contributed by atoms with Crippen molar-refractivity contribution in [1.82, 2.24) is 30.0 Å². The van der Waals surface area contributed by atoms with Crippen LogP contribution in [0.3, 0.4) is 0 Å². The molecule has 2 aromatic rings. The van der Waals surface area contributed by atoms with Crippen LogP contribution in [0.2, 0.25) is 0 Å². The molecule has 1 amide bonds. The molecule has 0 spiro atoms. The van der Waals surface area contributed by atoms with Crippen LogP contribution in [0.25, 0.3) is 0 Å². The van der Waals surface area contributed by atoms with Crippen LogP contribution in [-0.2, 0) is 6.42 Å². The van der Waals surface area contributed by atoms with Gasteiger partial charge >= 0.3 is 0 Å². The Morgan fingerprint density at radius 3 is 3.12 bits per heavy atom. The van der Waals surface area contributed by atoms with Crippen LogP contribution in [0.15, 0.2) is 0 Å². The van der Waals surface area contributed by atoms with Crippen LogP contribution in [0, 0.1) is 0 Å². The predicted octanol–water partition coefficient (Wildman–Crippen LogP) is 0.256. The molecule has 0 aromatic carbocycles. The SMILES string of the molecule is CCCc1nc(C(=O)Nc2nnns2)n[nH]1. The highest BCUT2D eigenvalue weighted by atomic mass is 32.1. The van der Waals surface area contributed by atoms with Gasteiger partial charge in [-0.3, -0.25) is 15.2 Å². The summed E-state index contributed by atoms with van der Waals surface area (Å²) in [4.78, 5) is 15.6. The number of nitrogens with one attached hydrogen (secondary N) is 2. The fourth-order valence-electron chi connectivity index (χ4n) is 1.08. The topological polar surface area (TPSA) is 109 Å². The minimum Gasteiger partial charge on any atom is -0.292 e. The minimum atomic E-state index is -0.419. The number of hydrogen-bond donors (Lipinski definition) is 2. The van der Waals surface area contributed by atoms with E-state index < -0.39 is 5.91 Å². The zero-order valence-corrected chi connectivity index (χ0v) is 9.28. The Balaban J connectivity index is 2.03. The normalized spacial score (nSPS) is 10.3. The molecule has 9 heteroatoms. The molecule has 0 saturated heterocycles. The van der Waals surface area contributed by atoms with Crippen molar-refractivity contribution >= 4 is 22.6 Å². The molecule has 0 bridgehead atoms. The average Bonchev–Trinajstić information content (AvgIpc) is 2.89. The summed E-state index contributed by atoms with van der Waals surface area (Å²) in [7, 11) is 0. The number of H-pyrrole nitrogens is 1. The van der Waals surface area contributed by atoms with E-state index >= 15 is 0 Å². The number of carbonyl (C=O) groups is 1. The molecule has 16 heavy (non-hydrogen) atoms. The van der Waals surface area contributed by atoms with E-state index in [1.807, 2.05) is 6.92 Å². The third-order valence-electron chi connectivity index (χ3n) is 1.74. The average molecular weight is 239 g/mol. The van der Waals surface area contributed by atoms with Crippen LogP contribution in [-0.4, -0.2) is 35.9 Å². The van der Waals surface area contributed by atoms with Gasteiger partial charge in [-0.2, -0.15) is 0 Å². The second kappa shape index (κ2) is 4.75. The Labute approximate surface area is 94.7 Å². The molecule has 2 heterocycles. The van der Waals surface area contributed by atoms with Crippen molar-refractivity contribution in [3.63, 3.8) is 0 Å². The van der Waals surface area contributed by atoms with E-state index in [2.05, 4.69) is 35.3 Å². The molecule has 8 nitrogen and oxygen atoms in total. The maximum absolute atomic E-state index is 11.6. The van der Waals surface area contributed by atoms with Gasteiger partial charge in [0.05, 0.1) is 0 Å². The minimum absolute atomic E-state index is 0.0960. The lowest BCUT2D eigenvalue weighted by Gasteiger charge is -1.93. The van der Waals surface area contributed by atoms with Crippen molar-refractivity contribution in [2.75, 3.05) is 5.32 Å². The van der Waals surface area contributed by atoms with Crippen molar-refractivity contribution < 1.29 is 4.79 Å². The number of nitrogens with zero attached hydrogens (tertiary/aromatic N) is 5. The zero-order valence-electron chi connectivity index (χ0n) is 8.47. The molecule has 2 rings (SSSR count). The summed E-state index contributed by atoms with van der Waals surface area (Å²) in [5.74, 6) is 0.374. The maximum atomic E-state index is 11.6. The summed E-state index contributed by atoms with van der Waals surface area (Å²) >= 11 is 0.993. The van der Waals surface area contributed by atoms with Gasteiger partial charge in [0, 0.05) is 18.0 Å². The van der Waals surface area contributed by atoms with Crippen molar-refractivity contribution in [3.8, 4) is 0 Å². The van der Waals surface area contributed by atoms with Gasteiger partial charge in [-0.1, -0.05) is 16.5 Å². The summed E-state index contributed by atoms with van der Waals surface area (Å²) < 4.78 is 3.52. The number of aromatic nitrogens is 6. The van der Waals surface area contributed by atoms with Gasteiger partial charge in [-0.25, -0.2) is 4.98 Å². The molecule has 84 valence electrons. The summed E-state index contributed by atoms with van der Waals surface area (Å²) in [5.41, 5.74) is 0. The summed E-state index contributed by atoms with van der Waals surface area (Å²) in [6, 6.07) is 0. The molecule has 0 aliphatic carbocycles. The van der Waals surface area contributed by atoms with E-state index in [1.165, 1.54) is 0 Å². The first-order valence-corrected chi connectivity index (χ1v) is 5.44. The van der Waals surface area contributed by atoms with Crippen LogP contribution in [0.4, 0.5) is 5.13 Å². The number of anilines is 1. The molecular weight excluding hydrogens is 230 g/mol. The monoisotopic (exact) mass is 239 g/mol. The molecule has 2 aromatic heterocycles. The van der Waals surface area contributed by atoms with Gasteiger partial charge in [0.1, 0.15) is 5.82 Å². The molecule has 2 N–H and O–H groups in total. The molecule has 0 atom stereocenters. The van der Waals surface area contributed by atoms with Gasteiger partial charge in [0.15, 0.2) is 0 Å². The van der Waals surface area contributed by atoms with E-state index in [0.29, 0.717) is 11.0 Å². The van der Waals surface area contributed by atoms with Gasteiger partial charge in [0.2, 0.25) is 11.0 Å². The van der Waals surface area contributed by atoms with Crippen LogP contribution < -0.4 is 5.32 Å². The smallest absolute Gasteiger partial charge is 0.292 e. The van der Waals surface area contributed by atoms with E-state index in [-0.39, 0.29) is 5.82 Å². The fourth-order valence-corrected chi connectivity index (χ4v) is 1.44. The van der Waals surface area contributed by atoms with Gasteiger partial charge in [-0.15, -0.1) is 5.10 Å². The first kappa shape index (κ1) is 10.6. The van der Waals surface area contributed by atoms with E-state index in [0.717, 1.165) is 24.4 Å². The van der Waals surface area contributed by atoms with E-state index in [9.17, 15) is 4.79 Å². The lowest BCUT2D eigenvalue weighted by Crippen LogP contribution is -2.13. The number of amides is 1. The lowest BCUT2D eigenvalue weighted by molar-refractivity contribution is 0.101. The van der Waals surface area contributed by atoms with Gasteiger partial charge in [-0.05, 0) is 11.6 Å². The molecule has 0 fully saturated rings. The molecule has 0 aliphatic rings. The quantitative estimate of drug-likeness (QED) is 0.791. The standard InChI is InChI=1S/C7H9N7OS/c1-2-3-4-8-5(11-10-4)6(15)9-7-12-13-14-16-7/h2-3H2,1H3,(H,8,10,11)(H,9,12,14,15). The second-order valence-corrected chi connectivity index (χ2v) is 3.71. The number of aryl methyl sites for hydroxylation is 1. The molecule has 0 radical (unpaired) electrons. The first-order valence-electron chi connectivity index (χ1n) is 4.67. The Kier molecular flexibility index (Phi) is 3.15. The third kappa shape index (κ3) is 2.37. The number of hydrogen-bond acceptors (Lipinski definition) is 7. The Bertz CT molecular complexity index is 465. The highest BCUT2D eigenvalue weighted by molar-refractivity contribution is 7.09. The van der Waals surface area contributed by atoms with Crippen molar-refractivity contribution in [2.45, 2.75) is 19.8 Å². The van der Waals surface area contributed by atoms with Crippen LogP contribution >= 0.6 is 11.5 Å². The number of carbonyl (C=O) groups excluding carboxylic acids is 1. The molecule has 0 aliphatic heterocycles.